The summed E-state index contributed by atoms with van der Waals surface area (Å²) in [6, 6.07) is 3.77. The lowest BCUT2D eigenvalue weighted by Gasteiger charge is -2.20. The highest BCUT2D eigenvalue weighted by Gasteiger charge is 2.15. The Morgan fingerprint density at radius 2 is 2.15 bits per heavy atom. The Labute approximate surface area is 82.2 Å². The van der Waals surface area contributed by atoms with Gasteiger partial charge in [0.15, 0.2) is 0 Å². The third-order valence-corrected chi connectivity index (χ3v) is 2.88. The Morgan fingerprint density at radius 1 is 1.46 bits per heavy atom. The smallest absolute Gasteiger partial charge is 0.109 e. The molecule has 0 bridgehead atoms. The molecular weight excluding hydrogens is 186 g/mol. The van der Waals surface area contributed by atoms with E-state index in [9.17, 15) is 10.2 Å². The molecule has 13 heavy (non-hydrogen) atoms. The number of aliphatic hydroxyl groups excluding tert-OH is 2. The molecule has 4 heteroatoms. The minimum Gasteiger partial charge on any atom is -0.387 e. The van der Waals surface area contributed by atoms with Crippen molar-refractivity contribution in [2.45, 2.75) is 18.8 Å². The average Bonchev–Trinajstić information content (AvgIpc) is 2.55. The maximum atomic E-state index is 9.65. The van der Waals surface area contributed by atoms with Crippen LogP contribution in [0.15, 0.2) is 17.5 Å². The zero-order valence-electron chi connectivity index (χ0n) is 7.84. The van der Waals surface area contributed by atoms with Gasteiger partial charge in [-0.3, -0.25) is 4.90 Å². The van der Waals surface area contributed by atoms with Gasteiger partial charge in [0.1, 0.15) is 6.23 Å². The monoisotopic (exact) mass is 201 g/mol. The highest BCUT2D eigenvalue weighted by molar-refractivity contribution is 7.10. The Kier molecular flexibility index (Phi) is 3.87. The first kappa shape index (κ1) is 10.7. The number of nitrogens with zero attached hydrogens (tertiary/aromatic N) is 1. The molecule has 3 nitrogen and oxygen atoms in total. The summed E-state index contributed by atoms with van der Waals surface area (Å²) in [6.45, 7) is 0. The van der Waals surface area contributed by atoms with Crippen LogP contribution in [0.2, 0.25) is 0 Å². The van der Waals surface area contributed by atoms with Crippen molar-refractivity contribution in [3.63, 3.8) is 0 Å². The second kappa shape index (κ2) is 4.72. The van der Waals surface area contributed by atoms with Crippen LogP contribution < -0.4 is 0 Å². The molecule has 2 unspecified atom stereocenters. The second-order valence-corrected chi connectivity index (χ2v) is 4.19. The van der Waals surface area contributed by atoms with E-state index >= 15 is 0 Å². The van der Waals surface area contributed by atoms with Crippen LogP contribution in [0.4, 0.5) is 0 Å². The number of aliphatic hydroxyl groups is 2. The fourth-order valence-electron chi connectivity index (χ4n) is 1.01. The lowest BCUT2D eigenvalue weighted by Crippen LogP contribution is -2.29. The molecule has 1 rings (SSSR count). The van der Waals surface area contributed by atoms with E-state index in [1.807, 2.05) is 17.5 Å². The van der Waals surface area contributed by atoms with Crippen LogP contribution >= 0.6 is 11.3 Å². The lowest BCUT2D eigenvalue weighted by molar-refractivity contribution is -0.00396. The molecule has 0 aliphatic heterocycles. The molecule has 2 N–H and O–H groups in total. The maximum Gasteiger partial charge on any atom is 0.109 e. The fraction of sp³-hybridized carbons (Fsp3) is 0.556. The van der Waals surface area contributed by atoms with E-state index in [0.29, 0.717) is 6.42 Å². The van der Waals surface area contributed by atoms with E-state index in [2.05, 4.69) is 0 Å². The van der Waals surface area contributed by atoms with Crippen LogP contribution in [0.3, 0.4) is 0 Å². The van der Waals surface area contributed by atoms with Gasteiger partial charge < -0.3 is 10.2 Å². The molecule has 0 aliphatic carbocycles. The average molecular weight is 201 g/mol. The minimum absolute atomic E-state index is 0.355. The summed E-state index contributed by atoms with van der Waals surface area (Å²) in [5.74, 6) is 0. The third kappa shape index (κ3) is 3.08. The second-order valence-electron chi connectivity index (χ2n) is 3.21. The van der Waals surface area contributed by atoms with E-state index in [0.717, 1.165) is 4.88 Å². The quantitative estimate of drug-likeness (QED) is 0.716. The van der Waals surface area contributed by atoms with Crippen molar-refractivity contribution in [3.8, 4) is 0 Å². The minimum atomic E-state index is -0.586. The van der Waals surface area contributed by atoms with Gasteiger partial charge in [-0.1, -0.05) is 6.07 Å². The van der Waals surface area contributed by atoms with Gasteiger partial charge in [-0.15, -0.1) is 11.3 Å². The van der Waals surface area contributed by atoms with Crippen molar-refractivity contribution in [2.75, 3.05) is 14.1 Å². The summed E-state index contributed by atoms with van der Waals surface area (Å²) in [7, 11) is 3.57. The molecule has 1 aromatic heterocycles. The molecule has 0 aliphatic rings. The van der Waals surface area contributed by atoms with Gasteiger partial charge >= 0.3 is 0 Å². The van der Waals surface area contributed by atoms with Crippen molar-refractivity contribution < 1.29 is 10.2 Å². The zero-order chi connectivity index (χ0) is 9.84. The highest BCUT2D eigenvalue weighted by atomic mass is 32.1. The van der Waals surface area contributed by atoms with Gasteiger partial charge in [0.05, 0.1) is 6.10 Å². The van der Waals surface area contributed by atoms with Gasteiger partial charge in [0.25, 0.3) is 0 Å². The molecule has 2 atom stereocenters. The van der Waals surface area contributed by atoms with Crippen LogP contribution in [-0.2, 0) is 0 Å². The van der Waals surface area contributed by atoms with Gasteiger partial charge in [0, 0.05) is 11.3 Å². The normalized spacial score (nSPS) is 16.1. The molecule has 74 valence electrons. The first-order valence-corrected chi connectivity index (χ1v) is 5.05. The third-order valence-electron chi connectivity index (χ3n) is 1.90. The van der Waals surface area contributed by atoms with Crippen molar-refractivity contribution >= 4 is 11.3 Å². The Hall–Kier alpha value is -0.420. The van der Waals surface area contributed by atoms with Gasteiger partial charge in [0.2, 0.25) is 0 Å². The molecule has 0 spiro atoms. The first-order chi connectivity index (χ1) is 6.11. The molecule has 1 heterocycles. The van der Waals surface area contributed by atoms with E-state index in [-0.39, 0.29) is 0 Å². The number of hydrogen-bond acceptors (Lipinski definition) is 4. The van der Waals surface area contributed by atoms with Crippen molar-refractivity contribution in [3.05, 3.63) is 22.4 Å². The van der Waals surface area contributed by atoms with Crippen LogP contribution in [0.1, 0.15) is 17.4 Å². The summed E-state index contributed by atoms with van der Waals surface area (Å²) in [4.78, 5) is 2.58. The van der Waals surface area contributed by atoms with Crippen LogP contribution in [-0.4, -0.2) is 35.4 Å². The predicted molar refractivity (Wildman–Crippen MR) is 53.6 cm³/mol. The lowest BCUT2D eigenvalue weighted by atomic mass is 10.2. The van der Waals surface area contributed by atoms with Crippen LogP contribution in [0, 0.1) is 0 Å². The molecule has 0 radical (unpaired) electrons. The van der Waals surface area contributed by atoms with E-state index < -0.39 is 12.3 Å². The summed E-state index contributed by atoms with van der Waals surface area (Å²) < 4.78 is 0. The number of thiophene rings is 1. The standard InChI is InChI=1S/C9H15NO2S/c1-10(2)9(12)6-7(11)8-4-3-5-13-8/h3-5,7,9,11-12H,6H2,1-2H3. The fourth-order valence-corrected chi connectivity index (χ4v) is 1.73. The summed E-state index contributed by atoms with van der Waals surface area (Å²) in [5, 5.41) is 21.0. The first-order valence-electron chi connectivity index (χ1n) is 4.17. The van der Waals surface area contributed by atoms with Gasteiger partial charge in [-0.25, -0.2) is 0 Å². The molecule has 1 aromatic rings. The van der Waals surface area contributed by atoms with Crippen molar-refractivity contribution in [1.29, 1.82) is 0 Å². The van der Waals surface area contributed by atoms with E-state index in [4.69, 9.17) is 0 Å². The summed E-state index contributed by atoms with van der Waals surface area (Å²) >= 11 is 1.51. The van der Waals surface area contributed by atoms with Crippen molar-refractivity contribution in [2.24, 2.45) is 0 Å². The largest absolute Gasteiger partial charge is 0.387 e. The van der Waals surface area contributed by atoms with E-state index in [1.165, 1.54) is 11.3 Å². The molecular formula is C9H15NO2S. The Bertz CT molecular complexity index is 236. The summed E-state index contributed by atoms with van der Waals surface area (Å²) in [5.41, 5.74) is 0. The van der Waals surface area contributed by atoms with Gasteiger partial charge in [-0.05, 0) is 25.5 Å². The SMILES string of the molecule is CN(C)C(O)CC(O)c1cccs1. The highest BCUT2D eigenvalue weighted by Crippen LogP contribution is 2.23. The predicted octanol–water partition coefficient (Wildman–Crippen LogP) is 1.05. The maximum absolute atomic E-state index is 9.65. The Morgan fingerprint density at radius 3 is 2.62 bits per heavy atom. The van der Waals surface area contributed by atoms with Crippen LogP contribution in [0.25, 0.3) is 0 Å². The zero-order valence-corrected chi connectivity index (χ0v) is 8.66. The van der Waals surface area contributed by atoms with Crippen LogP contribution in [0.5, 0.6) is 0 Å². The molecule has 0 amide bonds. The van der Waals surface area contributed by atoms with Crippen molar-refractivity contribution in [1.82, 2.24) is 4.90 Å². The molecule has 0 aromatic carbocycles. The van der Waals surface area contributed by atoms with E-state index in [1.54, 1.807) is 19.0 Å². The Balaban J connectivity index is 2.46. The topological polar surface area (TPSA) is 43.7 Å². The van der Waals surface area contributed by atoms with Gasteiger partial charge in [-0.2, -0.15) is 0 Å². The molecule has 0 fully saturated rings. The summed E-state index contributed by atoms with van der Waals surface area (Å²) in [6.07, 6.45) is -0.789. The molecule has 0 saturated heterocycles. The number of rotatable bonds is 4. The number of hydrogen-bond donors (Lipinski definition) is 2. The molecule has 0 saturated carbocycles.